The van der Waals surface area contributed by atoms with Gasteiger partial charge in [-0.1, -0.05) is 97.1 Å². The monoisotopic (exact) mass is 885 g/mol. The van der Waals surface area contributed by atoms with E-state index in [9.17, 15) is 0 Å². The minimum Gasteiger partial charge on any atom is -0.456 e. The maximum atomic E-state index is 6.71. The lowest BCUT2D eigenvalue weighted by Gasteiger charge is -2.25. The lowest BCUT2D eigenvalue weighted by molar-refractivity contribution is 0.652. The molecule has 0 radical (unpaired) electrons. The number of hydrogen-bond donors (Lipinski definition) is 0. The van der Waals surface area contributed by atoms with Crippen molar-refractivity contribution in [3.63, 3.8) is 0 Å². The summed E-state index contributed by atoms with van der Waals surface area (Å²) in [6, 6.07) is 70.0. The van der Waals surface area contributed by atoms with E-state index in [4.69, 9.17) is 28.2 Å². The van der Waals surface area contributed by atoms with E-state index in [1.165, 1.54) is 21.5 Å². The van der Waals surface area contributed by atoms with Crippen LogP contribution in [-0.2, 0) is 0 Å². The zero-order valence-corrected chi connectivity index (χ0v) is 36.7. The Morgan fingerprint density at radius 2 is 0.725 bits per heavy atom. The Kier molecular flexibility index (Phi) is 7.91. The van der Waals surface area contributed by atoms with E-state index in [0.29, 0.717) is 28.1 Å². The first kappa shape index (κ1) is 37.7. The third-order valence-corrected chi connectivity index (χ3v) is 13.6. The average Bonchev–Trinajstić information content (AvgIpc) is 4.08. The Labute approximate surface area is 392 Å². The molecule has 0 bridgehead atoms. The second kappa shape index (κ2) is 14.5. The molecule has 15 aromatic rings. The van der Waals surface area contributed by atoms with Gasteiger partial charge in [-0.25, -0.2) is 9.97 Å². The van der Waals surface area contributed by atoms with E-state index in [1.807, 2.05) is 48.7 Å². The molecule has 0 saturated heterocycles. The largest absolute Gasteiger partial charge is 0.456 e. The number of benzene rings is 10. The molecule has 8 heteroatoms. The quantitative estimate of drug-likeness (QED) is 0.153. The van der Waals surface area contributed by atoms with Crippen LogP contribution in [0, 0.1) is 0 Å². The van der Waals surface area contributed by atoms with Crippen LogP contribution in [0.2, 0.25) is 0 Å². The van der Waals surface area contributed by atoms with Gasteiger partial charge in [-0.05, 0) is 128 Å². The fourth-order valence-corrected chi connectivity index (χ4v) is 10.3. The fourth-order valence-electron chi connectivity index (χ4n) is 10.3. The number of anilines is 6. The van der Waals surface area contributed by atoms with Gasteiger partial charge < -0.3 is 18.2 Å². The molecule has 0 fully saturated rings. The lowest BCUT2D eigenvalue weighted by atomic mass is 10.0. The van der Waals surface area contributed by atoms with Crippen molar-refractivity contribution in [3.8, 4) is 0 Å². The van der Waals surface area contributed by atoms with Gasteiger partial charge in [0.2, 0.25) is 5.71 Å². The second-order valence-electron chi connectivity index (χ2n) is 17.7. The number of nitrogens with zero attached hydrogens (tertiary/aromatic N) is 5. The molecular formula is C61H35N5O3. The van der Waals surface area contributed by atoms with Gasteiger partial charge in [0, 0.05) is 56.8 Å². The average molecular weight is 886 g/mol. The molecular weight excluding hydrogens is 851 g/mol. The van der Waals surface area contributed by atoms with Gasteiger partial charge in [-0.15, -0.1) is 0 Å². The van der Waals surface area contributed by atoms with Crippen molar-refractivity contribution in [2.24, 2.45) is 0 Å². The summed E-state index contributed by atoms with van der Waals surface area (Å²) in [5.41, 5.74) is 9.88. The number of aromatic nitrogens is 3. The Morgan fingerprint density at radius 1 is 0.290 bits per heavy atom. The molecule has 69 heavy (non-hydrogen) atoms. The highest BCUT2D eigenvalue weighted by Gasteiger charge is 2.23. The molecule has 5 aromatic heterocycles. The normalized spacial score (nSPS) is 12.1. The molecule has 8 nitrogen and oxygen atoms in total. The van der Waals surface area contributed by atoms with Crippen LogP contribution < -0.4 is 9.80 Å². The third kappa shape index (κ3) is 5.99. The summed E-state index contributed by atoms with van der Waals surface area (Å²) in [5.74, 6) is 0.585. The number of fused-ring (bicyclic) bond motifs is 13. The van der Waals surface area contributed by atoms with Crippen LogP contribution in [0.15, 0.2) is 226 Å². The van der Waals surface area contributed by atoms with Crippen LogP contribution in [0.4, 0.5) is 34.3 Å². The van der Waals surface area contributed by atoms with E-state index < -0.39 is 0 Å². The summed E-state index contributed by atoms with van der Waals surface area (Å²) in [5, 5.41) is 13.6. The zero-order valence-electron chi connectivity index (χ0n) is 36.7. The van der Waals surface area contributed by atoms with Gasteiger partial charge >= 0.3 is 0 Å². The number of para-hydroxylation sites is 2. The Bertz CT molecular complexity index is 4320. The molecule has 0 N–H and O–H groups in total. The summed E-state index contributed by atoms with van der Waals surface area (Å²) in [7, 11) is 0. The summed E-state index contributed by atoms with van der Waals surface area (Å²) < 4.78 is 19.5. The third-order valence-electron chi connectivity index (χ3n) is 13.6. The molecule has 0 aliphatic rings. The lowest BCUT2D eigenvalue weighted by Crippen LogP contribution is -2.12. The van der Waals surface area contributed by atoms with E-state index in [1.54, 1.807) is 6.20 Å². The Balaban J connectivity index is 0.887. The maximum absolute atomic E-state index is 6.71. The van der Waals surface area contributed by atoms with Crippen LogP contribution in [0.3, 0.4) is 0 Å². The van der Waals surface area contributed by atoms with Crippen molar-refractivity contribution in [1.82, 2.24) is 15.0 Å². The first-order chi connectivity index (χ1) is 34.1. The molecule has 0 unspecified atom stereocenters. The van der Waals surface area contributed by atoms with Crippen LogP contribution in [0.1, 0.15) is 0 Å². The van der Waals surface area contributed by atoms with Crippen LogP contribution in [0.5, 0.6) is 0 Å². The molecule has 5 heterocycles. The molecule has 15 rings (SSSR count). The predicted octanol–water partition coefficient (Wildman–Crippen LogP) is 17.1. The van der Waals surface area contributed by atoms with Gasteiger partial charge in [-0.3, -0.25) is 4.90 Å². The molecule has 0 amide bonds. The topological polar surface area (TPSA) is 84.6 Å². The first-order valence-electron chi connectivity index (χ1n) is 23.0. The van der Waals surface area contributed by atoms with Gasteiger partial charge in [0.25, 0.3) is 0 Å². The molecule has 10 aromatic carbocycles. The van der Waals surface area contributed by atoms with Gasteiger partial charge in [0.05, 0.1) is 23.8 Å². The fraction of sp³-hybridized carbons (Fsp3) is 0. The van der Waals surface area contributed by atoms with E-state index in [0.717, 1.165) is 93.9 Å². The minimum atomic E-state index is 0.376. The minimum absolute atomic E-state index is 0.376. The number of furan rings is 3. The van der Waals surface area contributed by atoms with Gasteiger partial charge in [0.1, 0.15) is 27.8 Å². The molecule has 0 saturated carbocycles. The summed E-state index contributed by atoms with van der Waals surface area (Å²) in [6.45, 7) is 0. The predicted molar refractivity (Wildman–Crippen MR) is 281 cm³/mol. The van der Waals surface area contributed by atoms with Crippen molar-refractivity contribution in [2.75, 3.05) is 9.80 Å². The van der Waals surface area contributed by atoms with Crippen molar-refractivity contribution >= 4 is 144 Å². The Morgan fingerprint density at radius 3 is 1.32 bits per heavy atom. The highest BCUT2D eigenvalue weighted by molar-refractivity contribution is 6.09. The summed E-state index contributed by atoms with van der Waals surface area (Å²) in [6.07, 6.45) is 3.68. The molecule has 322 valence electrons. The van der Waals surface area contributed by atoms with Crippen molar-refractivity contribution in [2.45, 2.75) is 0 Å². The van der Waals surface area contributed by atoms with E-state index >= 15 is 0 Å². The number of rotatable bonds is 6. The molecule has 0 spiro atoms. The van der Waals surface area contributed by atoms with Gasteiger partial charge in [0.15, 0.2) is 16.9 Å². The maximum Gasteiger partial charge on any atom is 0.250 e. The molecule has 0 atom stereocenters. The zero-order chi connectivity index (χ0) is 45.2. The molecule has 0 aliphatic heterocycles. The smallest absolute Gasteiger partial charge is 0.250 e. The summed E-state index contributed by atoms with van der Waals surface area (Å²) in [4.78, 5) is 19.6. The highest BCUT2D eigenvalue weighted by Crippen LogP contribution is 2.43. The van der Waals surface area contributed by atoms with Crippen LogP contribution in [0.25, 0.3) is 109 Å². The van der Waals surface area contributed by atoms with E-state index in [-0.39, 0.29) is 0 Å². The van der Waals surface area contributed by atoms with Crippen molar-refractivity contribution in [3.05, 3.63) is 213 Å². The summed E-state index contributed by atoms with van der Waals surface area (Å²) >= 11 is 0. The van der Waals surface area contributed by atoms with Crippen molar-refractivity contribution in [1.29, 1.82) is 0 Å². The second-order valence-corrected chi connectivity index (χ2v) is 17.7. The van der Waals surface area contributed by atoms with Crippen molar-refractivity contribution < 1.29 is 13.3 Å². The highest BCUT2D eigenvalue weighted by atomic mass is 16.3. The molecule has 0 aliphatic carbocycles. The van der Waals surface area contributed by atoms with E-state index in [2.05, 4.69) is 168 Å². The number of hydrogen-bond acceptors (Lipinski definition) is 8. The standard InChI is InChI=1S/C61H35N5O3/c1-3-11-38-27-42-29-44(19-17-40(42)25-36(38)9-1)65(46-21-23-51-49-13-5-7-15-53(49)67-55(51)31-46)48-33-57-59(62-34-48)60-61(69-57)64-58(35-63-60)66(47-22-24-52-50-14-6-8-16-54(50)68-56(52)32-47)45-20-18-41-26-37-10-2-4-12-39(37)28-43(41)30-45/h1-35H. The first-order valence-corrected chi connectivity index (χ1v) is 23.0. The van der Waals surface area contributed by atoms with Crippen LogP contribution >= 0.6 is 0 Å². The Hall–Kier alpha value is -9.53. The SMILES string of the molecule is c1ccc2cc3cc(N(c4ccc5c(c4)oc4ccccc45)c4cnc5c(c4)oc4nc(N(c6ccc7cc8ccccc8cc7c6)c6ccc7c(c6)oc6ccccc67)cnc45)ccc3cc2c1. The van der Waals surface area contributed by atoms with Crippen LogP contribution in [-0.4, -0.2) is 15.0 Å². The number of pyridine rings is 1. The van der Waals surface area contributed by atoms with Gasteiger partial charge in [-0.2, -0.15) is 4.98 Å².